The van der Waals surface area contributed by atoms with Gasteiger partial charge >= 0.3 is 0 Å². The third kappa shape index (κ3) is 5.39. The summed E-state index contributed by atoms with van der Waals surface area (Å²) in [5.41, 5.74) is 2.26. The van der Waals surface area contributed by atoms with Crippen molar-refractivity contribution in [1.29, 1.82) is 0 Å². The van der Waals surface area contributed by atoms with Crippen LogP contribution in [0.15, 0.2) is 42.5 Å². The summed E-state index contributed by atoms with van der Waals surface area (Å²) in [6.07, 6.45) is 1.08. The summed E-state index contributed by atoms with van der Waals surface area (Å²) < 4.78 is 35.9. The zero-order valence-corrected chi connectivity index (χ0v) is 17.5. The molecule has 0 aliphatic carbocycles. The fourth-order valence-electron chi connectivity index (χ4n) is 2.73. The monoisotopic (exact) mass is 406 g/mol. The number of hydrogen-bond acceptors (Lipinski definition) is 5. The van der Waals surface area contributed by atoms with Gasteiger partial charge in [0.05, 0.1) is 32.2 Å². The maximum atomic E-state index is 12.5. The van der Waals surface area contributed by atoms with Crippen molar-refractivity contribution in [3.63, 3.8) is 0 Å². The van der Waals surface area contributed by atoms with Crippen molar-refractivity contribution < 1.29 is 22.7 Å². The number of nitrogens with zero attached hydrogens (tertiary/aromatic N) is 1. The Bertz CT molecular complexity index is 926. The zero-order chi connectivity index (χ0) is 20.9. The van der Waals surface area contributed by atoms with Crippen molar-refractivity contribution in [2.45, 2.75) is 19.9 Å². The Kier molecular flexibility index (Phi) is 6.90. The molecule has 1 atom stereocenters. The molecule has 2 aromatic rings. The highest BCUT2D eigenvalue weighted by Gasteiger charge is 2.22. The lowest BCUT2D eigenvalue weighted by Crippen LogP contribution is -2.41. The zero-order valence-electron chi connectivity index (χ0n) is 16.7. The summed E-state index contributed by atoms with van der Waals surface area (Å²) in [6, 6.07) is 12.0. The molecule has 0 spiro atoms. The highest BCUT2D eigenvalue weighted by molar-refractivity contribution is 7.92. The Morgan fingerprint density at radius 1 is 1.07 bits per heavy atom. The number of amides is 1. The van der Waals surface area contributed by atoms with Crippen LogP contribution >= 0.6 is 0 Å². The summed E-state index contributed by atoms with van der Waals surface area (Å²) in [5.74, 6) is 0.735. The van der Waals surface area contributed by atoms with Crippen molar-refractivity contribution in [1.82, 2.24) is 5.32 Å². The van der Waals surface area contributed by atoms with E-state index in [1.54, 1.807) is 43.5 Å². The van der Waals surface area contributed by atoms with Gasteiger partial charge in [0, 0.05) is 0 Å². The Morgan fingerprint density at radius 2 is 1.68 bits per heavy atom. The van der Waals surface area contributed by atoms with Crippen LogP contribution in [0.4, 0.5) is 5.69 Å². The van der Waals surface area contributed by atoms with E-state index in [1.807, 2.05) is 19.9 Å². The molecule has 2 aromatic carbocycles. The number of carbonyl (C=O) groups excluding carboxylic acids is 1. The van der Waals surface area contributed by atoms with Crippen molar-refractivity contribution in [2.24, 2.45) is 0 Å². The standard InChI is InChI=1S/C20H26N2O5S/c1-14-6-9-17(10-7-14)22(28(5,24)25)13-20(23)21-15(2)16-8-11-18(26-3)19(12-16)27-4/h6-12,15H,13H2,1-5H3,(H,21,23)/t15-/m1/s1. The van der Waals surface area contributed by atoms with Gasteiger partial charge in [-0.15, -0.1) is 0 Å². The van der Waals surface area contributed by atoms with Crippen LogP contribution in [0.3, 0.4) is 0 Å². The fourth-order valence-corrected chi connectivity index (χ4v) is 3.59. The third-order valence-corrected chi connectivity index (χ3v) is 5.44. The second-order valence-electron chi connectivity index (χ2n) is 6.51. The minimum atomic E-state index is -3.61. The first-order valence-electron chi connectivity index (χ1n) is 8.71. The average molecular weight is 407 g/mol. The number of ether oxygens (including phenoxy) is 2. The molecule has 28 heavy (non-hydrogen) atoms. The molecule has 2 rings (SSSR count). The molecule has 152 valence electrons. The molecule has 0 unspecified atom stereocenters. The lowest BCUT2D eigenvalue weighted by Gasteiger charge is -2.23. The van der Waals surface area contributed by atoms with Crippen LogP contribution < -0.4 is 19.1 Å². The maximum Gasteiger partial charge on any atom is 0.241 e. The topological polar surface area (TPSA) is 84.9 Å². The first kappa shape index (κ1) is 21.6. The van der Waals surface area contributed by atoms with E-state index >= 15 is 0 Å². The third-order valence-electron chi connectivity index (χ3n) is 4.29. The van der Waals surface area contributed by atoms with E-state index < -0.39 is 15.9 Å². The Hall–Kier alpha value is -2.74. The van der Waals surface area contributed by atoms with E-state index in [-0.39, 0.29) is 12.6 Å². The number of benzene rings is 2. The maximum absolute atomic E-state index is 12.5. The number of hydrogen-bond donors (Lipinski definition) is 1. The molecule has 1 amide bonds. The van der Waals surface area contributed by atoms with Gasteiger partial charge in [0.1, 0.15) is 6.54 Å². The van der Waals surface area contributed by atoms with Gasteiger partial charge in [-0.1, -0.05) is 23.8 Å². The number of methoxy groups -OCH3 is 2. The minimum absolute atomic E-state index is 0.306. The number of sulfonamides is 1. The molecule has 8 heteroatoms. The van der Waals surface area contributed by atoms with Crippen LogP contribution in [-0.2, 0) is 14.8 Å². The molecule has 0 bridgehead atoms. The van der Waals surface area contributed by atoms with Gasteiger partial charge in [-0.25, -0.2) is 8.42 Å². The van der Waals surface area contributed by atoms with Gasteiger partial charge in [-0.05, 0) is 43.7 Å². The molecule has 0 fully saturated rings. The Morgan fingerprint density at radius 3 is 2.21 bits per heavy atom. The number of carbonyl (C=O) groups is 1. The Labute approximate surface area is 166 Å². The first-order chi connectivity index (χ1) is 13.2. The molecule has 0 saturated carbocycles. The highest BCUT2D eigenvalue weighted by atomic mass is 32.2. The molecule has 1 N–H and O–H groups in total. The largest absolute Gasteiger partial charge is 0.493 e. The summed E-state index contributed by atoms with van der Waals surface area (Å²) in [7, 11) is -0.523. The van der Waals surface area contributed by atoms with Crippen LogP contribution in [-0.4, -0.2) is 41.3 Å². The van der Waals surface area contributed by atoms with E-state index in [0.29, 0.717) is 17.2 Å². The van der Waals surface area contributed by atoms with Gasteiger partial charge in [0.25, 0.3) is 0 Å². The van der Waals surface area contributed by atoms with Gasteiger partial charge in [0.2, 0.25) is 15.9 Å². The van der Waals surface area contributed by atoms with E-state index in [2.05, 4.69) is 5.32 Å². The minimum Gasteiger partial charge on any atom is -0.493 e. The van der Waals surface area contributed by atoms with E-state index in [0.717, 1.165) is 21.7 Å². The molecular formula is C20H26N2O5S. The van der Waals surface area contributed by atoms with Gasteiger partial charge in [-0.3, -0.25) is 9.10 Å². The number of rotatable bonds is 8. The number of aryl methyl sites for hydroxylation is 1. The molecule has 7 nitrogen and oxygen atoms in total. The summed E-state index contributed by atoms with van der Waals surface area (Å²) in [5, 5.41) is 2.83. The normalized spacial score (nSPS) is 12.2. The number of anilines is 1. The predicted molar refractivity (Wildman–Crippen MR) is 109 cm³/mol. The predicted octanol–water partition coefficient (Wildman–Crippen LogP) is 2.66. The lowest BCUT2D eigenvalue weighted by molar-refractivity contribution is -0.120. The van der Waals surface area contributed by atoms with Crippen molar-refractivity contribution in [3.05, 3.63) is 53.6 Å². The SMILES string of the molecule is COc1ccc([C@@H](C)NC(=O)CN(c2ccc(C)cc2)S(C)(=O)=O)cc1OC. The van der Waals surface area contributed by atoms with Crippen molar-refractivity contribution >= 4 is 21.6 Å². The molecule has 0 radical (unpaired) electrons. The van der Waals surface area contributed by atoms with E-state index in [9.17, 15) is 13.2 Å². The fraction of sp³-hybridized carbons (Fsp3) is 0.350. The van der Waals surface area contributed by atoms with E-state index in [1.165, 1.54) is 7.11 Å². The second-order valence-corrected chi connectivity index (χ2v) is 8.42. The summed E-state index contributed by atoms with van der Waals surface area (Å²) in [4.78, 5) is 12.5. The summed E-state index contributed by atoms with van der Waals surface area (Å²) >= 11 is 0. The van der Waals surface area contributed by atoms with Gasteiger partial charge in [-0.2, -0.15) is 0 Å². The molecule has 0 aliphatic heterocycles. The average Bonchev–Trinajstić information content (AvgIpc) is 2.65. The molecule has 0 aliphatic rings. The van der Waals surface area contributed by atoms with Crippen LogP contribution in [0, 0.1) is 6.92 Å². The molecule has 0 saturated heterocycles. The molecule has 0 aromatic heterocycles. The quantitative estimate of drug-likeness (QED) is 0.729. The first-order valence-corrected chi connectivity index (χ1v) is 10.6. The van der Waals surface area contributed by atoms with Gasteiger partial charge in [0.15, 0.2) is 11.5 Å². The van der Waals surface area contributed by atoms with E-state index in [4.69, 9.17) is 9.47 Å². The van der Waals surface area contributed by atoms with Gasteiger partial charge < -0.3 is 14.8 Å². The van der Waals surface area contributed by atoms with Crippen molar-refractivity contribution in [3.8, 4) is 11.5 Å². The molecular weight excluding hydrogens is 380 g/mol. The van der Waals surface area contributed by atoms with Crippen LogP contribution in [0.2, 0.25) is 0 Å². The van der Waals surface area contributed by atoms with Crippen LogP contribution in [0.1, 0.15) is 24.1 Å². The van der Waals surface area contributed by atoms with Crippen molar-refractivity contribution in [2.75, 3.05) is 31.3 Å². The van der Waals surface area contributed by atoms with Crippen LogP contribution in [0.25, 0.3) is 0 Å². The second kappa shape index (κ2) is 8.97. The smallest absolute Gasteiger partial charge is 0.241 e. The summed E-state index contributed by atoms with van der Waals surface area (Å²) in [6.45, 7) is 3.42. The van der Waals surface area contributed by atoms with Crippen LogP contribution in [0.5, 0.6) is 11.5 Å². The molecule has 0 heterocycles. The lowest BCUT2D eigenvalue weighted by atomic mass is 10.1. The Balaban J connectivity index is 2.15. The highest BCUT2D eigenvalue weighted by Crippen LogP contribution is 2.30. The number of nitrogens with one attached hydrogen (secondary N) is 1.